The Labute approximate surface area is 95.6 Å². The van der Waals surface area contributed by atoms with Gasteiger partial charge in [0.1, 0.15) is 18.6 Å². The summed E-state index contributed by atoms with van der Waals surface area (Å²) in [6.45, 7) is -13.1. The van der Waals surface area contributed by atoms with E-state index in [9.17, 15) is 0 Å². The van der Waals surface area contributed by atoms with Crippen molar-refractivity contribution in [2.24, 2.45) is 0 Å². The van der Waals surface area contributed by atoms with Crippen molar-refractivity contribution in [2.45, 2.75) is 0 Å². The summed E-state index contributed by atoms with van der Waals surface area (Å²) in [5, 5.41) is -0.584. The van der Waals surface area contributed by atoms with Gasteiger partial charge in [-0.2, -0.15) is 0 Å². The second kappa shape index (κ2) is 3.89. The SMILES string of the molecule is [2H]c1nc(Cl)c([2H])c(N2C([2H])([2H])C([2H])([2H])OC([2H])([2H])C2([2H])[2H])n1. The van der Waals surface area contributed by atoms with Crippen LogP contribution in [0.25, 0.3) is 0 Å². The average Bonchev–Trinajstić information content (AvgIpc) is 2.31. The van der Waals surface area contributed by atoms with Crippen LogP contribution in [0.2, 0.25) is 5.15 Å². The Morgan fingerprint density at radius 1 is 1.54 bits per heavy atom. The van der Waals surface area contributed by atoms with Crippen LogP contribution in [0.3, 0.4) is 0 Å². The van der Waals surface area contributed by atoms with Crippen LogP contribution in [-0.4, -0.2) is 36.1 Å². The molecule has 0 saturated carbocycles. The largest absolute Gasteiger partial charge is 0.378 e. The van der Waals surface area contributed by atoms with Crippen LogP contribution >= 0.6 is 11.6 Å². The minimum Gasteiger partial charge on any atom is -0.378 e. The van der Waals surface area contributed by atoms with Gasteiger partial charge in [-0.1, -0.05) is 11.6 Å². The quantitative estimate of drug-likeness (QED) is 0.646. The Hall–Kier alpha value is -0.870. The Morgan fingerprint density at radius 3 is 3.08 bits per heavy atom. The van der Waals surface area contributed by atoms with Crippen molar-refractivity contribution >= 4 is 17.4 Å². The van der Waals surface area contributed by atoms with Gasteiger partial charge in [0.15, 0.2) is 0 Å². The number of nitrogens with zero attached hydrogens (tertiary/aromatic N) is 3. The molecule has 0 aromatic carbocycles. The van der Waals surface area contributed by atoms with Crippen LogP contribution in [0.4, 0.5) is 5.82 Å². The predicted octanol–water partition coefficient (Wildman–Crippen LogP) is 0.967. The topological polar surface area (TPSA) is 38.2 Å². The van der Waals surface area contributed by atoms with E-state index in [1.807, 2.05) is 0 Å². The molecule has 0 bridgehead atoms. The molecule has 1 aliphatic rings. The highest BCUT2D eigenvalue weighted by Gasteiger charge is 2.12. The van der Waals surface area contributed by atoms with Gasteiger partial charge in [0.05, 0.1) is 25.5 Å². The van der Waals surface area contributed by atoms with Gasteiger partial charge < -0.3 is 9.64 Å². The number of hydrogen-bond donors (Lipinski definition) is 0. The smallest absolute Gasteiger partial charge is 0.134 e. The first kappa shape index (κ1) is 2.81. The van der Waals surface area contributed by atoms with E-state index in [1.165, 1.54) is 0 Å². The van der Waals surface area contributed by atoms with Crippen LogP contribution < -0.4 is 4.90 Å². The average molecular weight is 210 g/mol. The molecule has 2 heterocycles. The third kappa shape index (κ3) is 2.08. The van der Waals surface area contributed by atoms with Crippen molar-refractivity contribution < 1.29 is 18.4 Å². The van der Waals surface area contributed by atoms with Crippen LogP contribution in [0, 0.1) is 0 Å². The molecule has 0 aliphatic carbocycles. The van der Waals surface area contributed by atoms with Crippen molar-refractivity contribution in [3.8, 4) is 0 Å². The Balaban J connectivity index is 2.80. The van der Waals surface area contributed by atoms with Gasteiger partial charge in [-0.05, 0) is 0 Å². The van der Waals surface area contributed by atoms with E-state index in [0.29, 0.717) is 0 Å². The van der Waals surface area contributed by atoms with E-state index >= 15 is 0 Å². The summed E-state index contributed by atoms with van der Waals surface area (Å²) < 4.78 is 81.0. The predicted molar refractivity (Wildman–Crippen MR) is 50.1 cm³/mol. The van der Waals surface area contributed by atoms with E-state index in [4.69, 9.17) is 25.3 Å². The van der Waals surface area contributed by atoms with Gasteiger partial charge in [-0.15, -0.1) is 0 Å². The maximum Gasteiger partial charge on any atom is 0.134 e. The maximum atomic E-state index is 7.83. The van der Waals surface area contributed by atoms with E-state index in [-0.39, 0.29) is 4.90 Å². The van der Waals surface area contributed by atoms with Crippen molar-refractivity contribution in [2.75, 3.05) is 31.0 Å². The lowest BCUT2D eigenvalue weighted by molar-refractivity contribution is 0.122. The third-order valence-corrected chi connectivity index (χ3v) is 1.33. The molecule has 5 heteroatoms. The summed E-state index contributed by atoms with van der Waals surface area (Å²) >= 11 is 5.62. The molecule has 13 heavy (non-hydrogen) atoms. The third-order valence-electron chi connectivity index (χ3n) is 1.15. The minimum atomic E-state index is -3.28. The van der Waals surface area contributed by atoms with Crippen LogP contribution in [0.5, 0.6) is 0 Å². The maximum absolute atomic E-state index is 7.83. The zero-order valence-electron chi connectivity index (χ0n) is 16.1. The van der Waals surface area contributed by atoms with Crippen molar-refractivity contribution in [1.82, 2.24) is 9.97 Å². The first-order chi connectivity index (χ1) is 10.1. The number of ether oxygens (including phenoxy) is 1. The Bertz CT molecular complexity index is 627. The summed E-state index contributed by atoms with van der Waals surface area (Å²) in [4.78, 5) is 6.74. The van der Waals surface area contributed by atoms with Gasteiger partial charge in [-0.25, -0.2) is 9.97 Å². The summed E-state index contributed by atoms with van der Waals surface area (Å²) in [5.74, 6) is -0.860. The molecule has 1 aliphatic heterocycles. The molecule has 0 unspecified atom stereocenters. The highest BCUT2D eigenvalue weighted by molar-refractivity contribution is 6.29. The molecule has 0 N–H and O–H groups in total. The van der Waals surface area contributed by atoms with Gasteiger partial charge in [0.25, 0.3) is 0 Å². The number of anilines is 1. The number of halogens is 1. The minimum absolute atomic E-state index is 0.0164. The molecule has 2 rings (SSSR count). The molecule has 70 valence electrons. The summed E-state index contributed by atoms with van der Waals surface area (Å²) in [6.07, 6.45) is -0.764. The lowest BCUT2D eigenvalue weighted by Crippen LogP contribution is -2.36. The van der Waals surface area contributed by atoms with Gasteiger partial charge >= 0.3 is 0 Å². The molecular weight excluding hydrogens is 190 g/mol. The molecule has 1 aromatic rings. The fourth-order valence-corrected chi connectivity index (χ4v) is 0.789. The zero-order chi connectivity index (χ0) is 18.0. The first-order valence-corrected chi connectivity index (χ1v) is 3.54. The second-order valence-corrected chi connectivity index (χ2v) is 2.29. The lowest BCUT2D eigenvalue weighted by atomic mass is 10.4. The summed E-state index contributed by atoms with van der Waals surface area (Å²) in [7, 11) is 0. The van der Waals surface area contributed by atoms with Gasteiger partial charge in [0.2, 0.25) is 0 Å². The van der Waals surface area contributed by atoms with Gasteiger partial charge in [0, 0.05) is 19.0 Å². The molecule has 0 atom stereocenters. The molecule has 1 aromatic heterocycles. The molecule has 1 saturated heterocycles. The van der Waals surface area contributed by atoms with E-state index in [1.54, 1.807) is 0 Å². The number of morpholine rings is 1. The highest BCUT2D eigenvalue weighted by Crippen LogP contribution is 2.14. The monoisotopic (exact) mass is 209 g/mol. The number of hydrogen-bond acceptors (Lipinski definition) is 4. The number of rotatable bonds is 1. The second-order valence-electron chi connectivity index (χ2n) is 1.93. The Morgan fingerprint density at radius 2 is 2.31 bits per heavy atom. The van der Waals surface area contributed by atoms with Crippen LogP contribution in [0.15, 0.2) is 12.3 Å². The normalized spacial score (nSPS) is 44.2. The van der Waals surface area contributed by atoms with Gasteiger partial charge in [-0.3, -0.25) is 0 Å². The molecule has 1 fully saturated rings. The zero-order valence-corrected chi connectivity index (χ0v) is 6.88. The Kier molecular flexibility index (Phi) is 0.841. The van der Waals surface area contributed by atoms with Crippen LogP contribution in [-0.2, 0) is 4.74 Å². The molecule has 0 spiro atoms. The fourth-order valence-electron chi connectivity index (χ4n) is 0.667. The van der Waals surface area contributed by atoms with E-state index < -0.39 is 49.4 Å². The molecule has 0 radical (unpaired) electrons. The molecule has 4 nitrogen and oxygen atoms in total. The summed E-state index contributed by atoms with van der Waals surface area (Å²) in [5.41, 5.74) is 0. The summed E-state index contributed by atoms with van der Waals surface area (Å²) in [6, 6.07) is -0.774. The van der Waals surface area contributed by atoms with Crippen molar-refractivity contribution in [3.05, 3.63) is 17.5 Å². The lowest BCUT2D eigenvalue weighted by Gasteiger charge is -2.27. The van der Waals surface area contributed by atoms with Crippen molar-refractivity contribution in [1.29, 1.82) is 0 Å². The molecular formula is C8H10ClN3O. The van der Waals surface area contributed by atoms with Crippen LogP contribution in [0.1, 0.15) is 13.7 Å². The van der Waals surface area contributed by atoms with E-state index in [2.05, 4.69) is 14.7 Å². The fraction of sp³-hybridized carbons (Fsp3) is 0.500. The highest BCUT2D eigenvalue weighted by atomic mass is 35.5. The molecule has 0 amide bonds. The standard InChI is InChI=1S/C8H10ClN3O/c9-7-5-8(11-6-10-7)12-1-3-13-4-2-12/h5-6H,1-4H2/i1D2,2D2,3D2,4D2,5D,6D. The number of aromatic nitrogens is 2. The van der Waals surface area contributed by atoms with Crippen molar-refractivity contribution in [3.63, 3.8) is 0 Å². The first-order valence-electron chi connectivity index (χ1n) is 8.16. The van der Waals surface area contributed by atoms with E-state index in [0.717, 1.165) is 0 Å².